The second kappa shape index (κ2) is 6.53. The summed E-state index contributed by atoms with van der Waals surface area (Å²) in [5.74, 6) is 0.0267. The molecular formula is C14H20N4O3. The number of carbonyl (C=O) groups excluding carboxylic acids is 1. The SMILES string of the molecule is CNC(=O)C(C)N1CCN(c2ccc([N+](=O)[O-])cc2)CC1. The lowest BCUT2D eigenvalue weighted by Crippen LogP contribution is -2.53. The molecule has 0 aliphatic carbocycles. The average Bonchev–Trinajstić information content (AvgIpc) is 2.53. The fraction of sp³-hybridized carbons (Fsp3) is 0.500. The van der Waals surface area contributed by atoms with Crippen LogP contribution in [0.1, 0.15) is 6.92 Å². The highest BCUT2D eigenvalue weighted by Gasteiger charge is 2.25. The van der Waals surface area contributed by atoms with E-state index < -0.39 is 4.92 Å². The van der Waals surface area contributed by atoms with E-state index in [9.17, 15) is 14.9 Å². The molecule has 7 nitrogen and oxygen atoms in total. The fourth-order valence-corrected chi connectivity index (χ4v) is 2.53. The molecule has 1 amide bonds. The molecule has 1 N–H and O–H groups in total. The highest BCUT2D eigenvalue weighted by atomic mass is 16.6. The first-order valence-corrected chi connectivity index (χ1v) is 6.98. The number of anilines is 1. The molecule has 0 saturated carbocycles. The number of nitro benzene ring substituents is 1. The zero-order valence-corrected chi connectivity index (χ0v) is 12.3. The molecule has 0 spiro atoms. The monoisotopic (exact) mass is 292 g/mol. The molecule has 2 rings (SSSR count). The fourth-order valence-electron chi connectivity index (χ4n) is 2.53. The summed E-state index contributed by atoms with van der Waals surface area (Å²) in [5.41, 5.74) is 1.08. The van der Waals surface area contributed by atoms with Crippen LogP contribution in [-0.4, -0.2) is 55.0 Å². The Balaban J connectivity index is 1.94. The minimum Gasteiger partial charge on any atom is -0.369 e. The van der Waals surface area contributed by atoms with Gasteiger partial charge in [0, 0.05) is 51.0 Å². The number of rotatable bonds is 4. The Bertz CT molecular complexity index is 509. The number of benzene rings is 1. The third kappa shape index (κ3) is 3.49. The van der Waals surface area contributed by atoms with Crippen molar-refractivity contribution in [2.75, 3.05) is 38.1 Å². The van der Waals surface area contributed by atoms with Gasteiger partial charge in [0.15, 0.2) is 0 Å². The number of non-ortho nitro benzene ring substituents is 1. The Morgan fingerprint density at radius 2 is 1.81 bits per heavy atom. The van der Waals surface area contributed by atoms with E-state index in [4.69, 9.17) is 0 Å². The first kappa shape index (κ1) is 15.2. The van der Waals surface area contributed by atoms with E-state index in [0.29, 0.717) is 0 Å². The molecule has 0 radical (unpaired) electrons. The van der Waals surface area contributed by atoms with Crippen molar-refractivity contribution < 1.29 is 9.72 Å². The summed E-state index contributed by atoms with van der Waals surface area (Å²) in [6, 6.07) is 6.46. The Hall–Kier alpha value is -2.15. The van der Waals surface area contributed by atoms with Gasteiger partial charge in [0.2, 0.25) is 5.91 Å². The van der Waals surface area contributed by atoms with Gasteiger partial charge in [0.05, 0.1) is 11.0 Å². The van der Waals surface area contributed by atoms with Crippen molar-refractivity contribution in [2.45, 2.75) is 13.0 Å². The van der Waals surface area contributed by atoms with Crippen molar-refractivity contribution in [1.29, 1.82) is 0 Å². The molecule has 1 heterocycles. The van der Waals surface area contributed by atoms with E-state index in [-0.39, 0.29) is 17.6 Å². The Labute approximate surface area is 123 Å². The van der Waals surface area contributed by atoms with Crippen LogP contribution in [0.5, 0.6) is 0 Å². The van der Waals surface area contributed by atoms with E-state index in [2.05, 4.69) is 15.1 Å². The standard InChI is InChI=1S/C14H20N4O3/c1-11(14(19)15-2)16-7-9-17(10-8-16)12-3-5-13(6-4-12)18(20)21/h3-6,11H,7-10H2,1-2H3,(H,15,19). The maximum atomic E-state index is 11.6. The lowest BCUT2D eigenvalue weighted by Gasteiger charge is -2.38. The lowest BCUT2D eigenvalue weighted by molar-refractivity contribution is -0.384. The number of likely N-dealkylation sites (N-methyl/N-ethyl adjacent to an activating group) is 1. The summed E-state index contributed by atoms with van der Waals surface area (Å²) in [6.07, 6.45) is 0. The van der Waals surface area contributed by atoms with Gasteiger partial charge in [-0.15, -0.1) is 0 Å². The number of nitrogens with one attached hydrogen (secondary N) is 1. The highest BCUT2D eigenvalue weighted by Crippen LogP contribution is 2.21. The Morgan fingerprint density at radius 1 is 1.24 bits per heavy atom. The molecule has 114 valence electrons. The molecule has 1 unspecified atom stereocenters. The van der Waals surface area contributed by atoms with Crippen LogP contribution in [0.3, 0.4) is 0 Å². The molecule has 1 saturated heterocycles. The summed E-state index contributed by atoms with van der Waals surface area (Å²) in [7, 11) is 1.64. The normalized spacial score (nSPS) is 17.3. The summed E-state index contributed by atoms with van der Waals surface area (Å²) in [5, 5.41) is 13.3. The van der Waals surface area contributed by atoms with Gasteiger partial charge in [0.25, 0.3) is 5.69 Å². The van der Waals surface area contributed by atoms with E-state index >= 15 is 0 Å². The Kier molecular flexibility index (Phi) is 4.74. The van der Waals surface area contributed by atoms with Crippen LogP contribution >= 0.6 is 0 Å². The summed E-state index contributed by atoms with van der Waals surface area (Å²) in [6.45, 7) is 5.11. The predicted molar refractivity (Wildman–Crippen MR) is 80.4 cm³/mol. The van der Waals surface area contributed by atoms with Gasteiger partial charge in [0.1, 0.15) is 0 Å². The van der Waals surface area contributed by atoms with E-state index in [1.54, 1.807) is 19.2 Å². The smallest absolute Gasteiger partial charge is 0.269 e. The van der Waals surface area contributed by atoms with Gasteiger partial charge in [-0.2, -0.15) is 0 Å². The second-order valence-corrected chi connectivity index (χ2v) is 5.09. The van der Waals surface area contributed by atoms with Gasteiger partial charge in [-0.3, -0.25) is 19.8 Å². The largest absolute Gasteiger partial charge is 0.369 e. The van der Waals surface area contributed by atoms with Gasteiger partial charge >= 0.3 is 0 Å². The molecular weight excluding hydrogens is 272 g/mol. The van der Waals surface area contributed by atoms with Crippen molar-refractivity contribution in [3.05, 3.63) is 34.4 Å². The highest BCUT2D eigenvalue weighted by molar-refractivity contribution is 5.81. The number of piperazine rings is 1. The summed E-state index contributed by atoms with van der Waals surface area (Å²) < 4.78 is 0. The molecule has 0 bridgehead atoms. The van der Waals surface area contributed by atoms with Gasteiger partial charge in [-0.25, -0.2) is 0 Å². The van der Waals surface area contributed by atoms with E-state index in [1.165, 1.54) is 12.1 Å². The minimum absolute atomic E-state index is 0.0267. The van der Waals surface area contributed by atoms with Gasteiger partial charge < -0.3 is 10.2 Å². The molecule has 7 heteroatoms. The van der Waals surface area contributed by atoms with Crippen LogP contribution in [0.15, 0.2) is 24.3 Å². The van der Waals surface area contributed by atoms with E-state index in [0.717, 1.165) is 31.9 Å². The number of hydrogen-bond acceptors (Lipinski definition) is 5. The molecule has 1 fully saturated rings. The van der Waals surface area contributed by atoms with Crippen molar-refractivity contribution >= 4 is 17.3 Å². The number of nitro groups is 1. The van der Waals surface area contributed by atoms with Crippen LogP contribution in [-0.2, 0) is 4.79 Å². The van der Waals surface area contributed by atoms with Crippen molar-refractivity contribution in [2.24, 2.45) is 0 Å². The lowest BCUT2D eigenvalue weighted by atomic mass is 10.2. The predicted octanol–water partition coefficient (Wildman–Crippen LogP) is 0.851. The molecule has 1 aliphatic heterocycles. The third-order valence-corrected chi connectivity index (χ3v) is 3.91. The zero-order valence-electron chi connectivity index (χ0n) is 12.3. The molecule has 1 aromatic rings. The van der Waals surface area contributed by atoms with Crippen LogP contribution in [0.4, 0.5) is 11.4 Å². The van der Waals surface area contributed by atoms with E-state index in [1.807, 2.05) is 6.92 Å². The van der Waals surface area contributed by atoms with Crippen LogP contribution in [0.25, 0.3) is 0 Å². The molecule has 1 atom stereocenters. The van der Waals surface area contributed by atoms with Crippen LogP contribution in [0.2, 0.25) is 0 Å². The molecule has 0 aromatic heterocycles. The number of amides is 1. The average molecular weight is 292 g/mol. The van der Waals surface area contributed by atoms with Gasteiger partial charge in [-0.05, 0) is 19.1 Å². The first-order chi connectivity index (χ1) is 10.0. The molecule has 21 heavy (non-hydrogen) atoms. The summed E-state index contributed by atoms with van der Waals surface area (Å²) >= 11 is 0. The first-order valence-electron chi connectivity index (χ1n) is 6.98. The second-order valence-electron chi connectivity index (χ2n) is 5.09. The van der Waals surface area contributed by atoms with Crippen LogP contribution in [0, 0.1) is 10.1 Å². The Morgan fingerprint density at radius 3 is 2.29 bits per heavy atom. The van der Waals surface area contributed by atoms with Gasteiger partial charge in [-0.1, -0.05) is 0 Å². The zero-order chi connectivity index (χ0) is 15.4. The topological polar surface area (TPSA) is 78.7 Å². The number of hydrogen-bond donors (Lipinski definition) is 1. The van der Waals surface area contributed by atoms with Crippen LogP contribution < -0.4 is 10.2 Å². The maximum absolute atomic E-state index is 11.6. The van der Waals surface area contributed by atoms with Crippen molar-refractivity contribution in [3.63, 3.8) is 0 Å². The molecule has 1 aromatic carbocycles. The summed E-state index contributed by atoms with van der Waals surface area (Å²) in [4.78, 5) is 26.2. The third-order valence-electron chi connectivity index (χ3n) is 3.91. The number of carbonyl (C=O) groups is 1. The van der Waals surface area contributed by atoms with Crippen molar-refractivity contribution in [1.82, 2.24) is 10.2 Å². The van der Waals surface area contributed by atoms with Crippen molar-refractivity contribution in [3.8, 4) is 0 Å². The molecule has 1 aliphatic rings. The minimum atomic E-state index is -0.396. The maximum Gasteiger partial charge on any atom is 0.269 e. The quantitative estimate of drug-likeness (QED) is 0.657. The number of nitrogens with zero attached hydrogens (tertiary/aromatic N) is 3.